The van der Waals surface area contributed by atoms with Crippen molar-refractivity contribution in [3.8, 4) is 0 Å². The van der Waals surface area contributed by atoms with Gasteiger partial charge >= 0.3 is 5.97 Å². The van der Waals surface area contributed by atoms with Crippen molar-refractivity contribution in [2.45, 2.75) is 257 Å². The lowest BCUT2D eigenvalue weighted by atomic mass is 10.0. The van der Waals surface area contributed by atoms with E-state index in [4.69, 9.17) is 4.74 Å². The van der Waals surface area contributed by atoms with Gasteiger partial charge in [-0.2, -0.15) is 0 Å². The van der Waals surface area contributed by atoms with Gasteiger partial charge in [0.25, 0.3) is 0 Å². The zero-order valence-electron chi connectivity index (χ0n) is 38.9. The summed E-state index contributed by atoms with van der Waals surface area (Å²) in [4.78, 5) is 26.1. The molecule has 0 aromatic rings. The number of allylic oxidation sites excluding steroid dienone is 10. The summed E-state index contributed by atoms with van der Waals surface area (Å²) in [5, 5.41) is 23.7. The van der Waals surface area contributed by atoms with Crippen molar-refractivity contribution in [3.05, 3.63) is 60.8 Å². The molecular formula is C53H95NO5. The maximum atomic E-state index is 13.2. The van der Waals surface area contributed by atoms with Crippen molar-refractivity contribution in [2.75, 3.05) is 6.61 Å². The van der Waals surface area contributed by atoms with Crippen molar-refractivity contribution in [2.24, 2.45) is 0 Å². The minimum atomic E-state index is -0.806. The molecular weight excluding hydrogens is 731 g/mol. The lowest BCUT2D eigenvalue weighted by Gasteiger charge is -2.24. The molecule has 0 spiro atoms. The smallest absolute Gasteiger partial charge is 0.306 e. The number of hydrogen-bond acceptors (Lipinski definition) is 5. The minimum Gasteiger partial charge on any atom is -0.462 e. The molecule has 0 heterocycles. The number of aliphatic hydroxyl groups excluding tert-OH is 2. The van der Waals surface area contributed by atoms with Crippen LogP contribution in [0, 0.1) is 0 Å². The highest BCUT2D eigenvalue weighted by atomic mass is 16.5. The van der Waals surface area contributed by atoms with Gasteiger partial charge < -0.3 is 20.3 Å². The van der Waals surface area contributed by atoms with Gasteiger partial charge in [-0.15, -0.1) is 0 Å². The van der Waals surface area contributed by atoms with E-state index in [1.807, 2.05) is 48.6 Å². The van der Waals surface area contributed by atoms with Crippen LogP contribution >= 0.6 is 0 Å². The van der Waals surface area contributed by atoms with Crippen LogP contribution in [0.5, 0.6) is 0 Å². The molecule has 0 aromatic carbocycles. The fourth-order valence-corrected chi connectivity index (χ4v) is 7.46. The van der Waals surface area contributed by atoms with Gasteiger partial charge in [0.1, 0.15) is 6.10 Å². The molecule has 3 N–H and O–H groups in total. The van der Waals surface area contributed by atoms with Gasteiger partial charge in [-0.05, 0) is 38.5 Å². The SMILES string of the molecule is CC/C=C/C=C/C=C\C=C/C=C/CCCC(CC(=O)NC(CO)C(O)CCCCCCCCCCCCCCCC)OC(=O)CCCCCCCCCCCCCCC. The number of aliphatic hydroxyl groups is 2. The molecule has 0 fully saturated rings. The van der Waals surface area contributed by atoms with Crippen molar-refractivity contribution in [3.63, 3.8) is 0 Å². The van der Waals surface area contributed by atoms with Gasteiger partial charge in [0.05, 0.1) is 25.2 Å². The van der Waals surface area contributed by atoms with Gasteiger partial charge in [0.2, 0.25) is 5.91 Å². The Balaban J connectivity index is 4.66. The summed E-state index contributed by atoms with van der Waals surface area (Å²) >= 11 is 0. The first-order valence-corrected chi connectivity index (χ1v) is 25.1. The number of ether oxygens (including phenoxy) is 1. The number of unbranched alkanes of at least 4 members (excludes halogenated alkanes) is 26. The average molecular weight is 826 g/mol. The second-order valence-electron chi connectivity index (χ2n) is 17.0. The molecule has 0 aliphatic carbocycles. The molecule has 3 atom stereocenters. The minimum absolute atomic E-state index is 0.0296. The Labute approximate surface area is 365 Å². The lowest BCUT2D eigenvalue weighted by Crippen LogP contribution is -2.46. The number of amides is 1. The first-order chi connectivity index (χ1) is 29.0. The predicted molar refractivity (Wildman–Crippen MR) is 255 cm³/mol. The van der Waals surface area contributed by atoms with Crippen LogP contribution < -0.4 is 5.32 Å². The highest BCUT2D eigenvalue weighted by Gasteiger charge is 2.24. The second kappa shape index (κ2) is 46.6. The molecule has 59 heavy (non-hydrogen) atoms. The van der Waals surface area contributed by atoms with Crippen LogP contribution in [-0.4, -0.2) is 46.9 Å². The van der Waals surface area contributed by atoms with E-state index in [2.05, 4.69) is 38.2 Å². The molecule has 0 saturated carbocycles. The van der Waals surface area contributed by atoms with Crippen LogP contribution in [0.25, 0.3) is 0 Å². The second-order valence-corrected chi connectivity index (χ2v) is 17.0. The van der Waals surface area contributed by atoms with E-state index < -0.39 is 18.2 Å². The Bertz CT molecular complexity index is 1060. The summed E-state index contributed by atoms with van der Waals surface area (Å²) < 4.78 is 5.88. The molecule has 0 rings (SSSR count). The van der Waals surface area contributed by atoms with Crippen LogP contribution in [0.3, 0.4) is 0 Å². The normalized spacial score (nSPS) is 13.8. The lowest BCUT2D eigenvalue weighted by molar-refractivity contribution is -0.151. The number of carbonyl (C=O) groups is 2. The molecule has 0 saturated heterocycles. The number of carbonyl (C=O) groups excluding carboxylic acids is 2. The van der Waals surface area contributed by atoms with E-state index in [0.717, 1.165) is 57.8 Å². The van der Waals surface area contributed by atoms with E-state index in [0.29, 0.717) is 19.3 Å². The van der Waals surface area contributed by atoms with Gasteiger partial charge in [-0.3, -0.25) is 9.59 Å². The summed E-state index contributed by atoms with van der Waals surface area (Å²) in [7, 11) is 0. The maximum absolute atomic E-state index is 13.2. The Kier molecular flexibility index (Phi) is 44.7. The maximum Gasteiger partial charge on any atom is 0.306 e. The predicted octanol–water partition coefficient (Wildman–Crippen LogP) is 14.8. The van der Waals surface area contributed by atoms with Crippen molar-refractivity contribution >= 4 is 11.9 Å². The third-order valence-corrected chi connectivity index (χ3v) is 11.2. The Hall–Kier alpha value is -2.44. The molecule has 0 radical (unpaired) electrons. The van der Waals surface area contributed by atoms with Gasteiger partial charge in [0.15, 0.2) is 0 Å². The first-order valence-electron chi connectivity index (χ1n) is 25.1. The summed E-state index contributed by atoms with van der Waals surface area (Å²) in [6.07, 6.45) is 57.1. The highest BCUT2D eigenvalue weighted by Crippen LogP contribution is 2.17. The van der Waals surface area contributed by atoms with Crippen LogP contribution in [0.4, 0.5) is 0 Å². The van der Waals surface area contributed by atoms with E-state index in [9.17, 15) is 19.8 Å². The molecule has 1 amide bonds. The summed E-state index contributed by atoms with van der Waals surface area (Å²) in [6, 6.07) is -0.723. The third kappa shape index (κ3) is 42.1. The van der Waals surface area contributed by atoms with Gasteiger partial charge in [0, 0.05) is 6.42 Å². The number of hydrogen-bond donors (Lipinski definition) is 3. The molecule has 6 nitrogen and oxygen atoms in total. The molecule has 342 valence electrons. The van der Waals surface area contributed by atoms with E-state index in [1.165, 1.54) is 135 Å². The molecule has 0 aliphatic heterocycles. The fraction of sp³-hybridized carbons (Fsp3) is 0.774. The van der Waals surface area contributed by atoms with Crippen LogP contribution in [0.15, 0.2) is 60.8 Å². The topological polar surface area (TPSA) is 95.9 Å². The quantitative estimate of drug-likeness (QED) is 0.0323. The van der Waals surface area contributed by atoms with Crippen LogP contribution in [0.1, 0.15) is 239 Å². The van der Waals surface area contributed by atoms with E-state index in [-0.39, 0.29) is 24.9 Å². The molecule has 3 unspecified atom stereocenters. The van der Waals surface area contributed by atoms with E-state index >= 15 is 0 Å². The van der Waals surface area contributed by atoms with Gasteiger partial charge in [-0.25, -0.2) is 0 Å². The van der Waals surface area contributed by atoms with Crippen molar-refractivity contribution < 1.29 is 24.5 Å². The standard InChI is InChI=1S/C53H95NO5/c1-4-7-10-13-16-19-22-25-28-30-33-36-39-42-45-51(56)50(48-55)54-52(57)47-49(44-41-38-35-32-29-26-23-20-17-14-11-8-5-2)59-53(58)46-43-40-37-34-31-27-24-21-18-15-12-9-6-3/h8,11,14,17,20,23,26,29,32,35,49-51,55-56H,4-7,9-10,12-13,15-16,18-19,21-22,24-25,27-28,30-31,33-34,36-48H2,1-3H3,(H,54,57)/b11-8+,17-14+,23-20-,29-26-,35-32+. The molecule has 0 aliphatic rings. The molecule has 0 bridgehead atoms. The Morgan fingerprint density at radius 3 is 1.36 bits per heavy atom. The molecule has 6 heteroatoms. The highest BCUT2D eigenvalue weighted by molar-refractivity contribution is 5.77. The third-order valence-electron chi connectivity index (χ3n) is 11.2. The van der Waals surface area contributed by atoms with Crippen LogP contribution in [-0.2, 0) is 14.3 Å². The number of rotatable bonds is 44. The van der Waals surface area contributed by atoms with Crippen LogP contribution in [0.2, 0.25) is 0 Å². The van der Waals surface area contributed by atoms with Crippen molar-refractivity contribution in [1.29, 1.82) is 0 Å². The molecule has 0 aromatic heterocycles. The van der Waals surface area contributed by atoms with Crippen molar-refractivity contribution in [1.82, 2.24) is 5.32 Å². The summed E-state index contributed by atoms with van der Waals surface area (Å²) in [6.45, 7) is 6.32. The Morgan fingerprint density at radius 1 is 0.508 bits per heavy atom. The first kappa shape index (κ1) is 56.6. The zero-order chi connectivity index (χ0) is 43.1. The number of esters is 1. The Morgan fingerprint density at radius 2 is 0.915 bits per heavy atom. The largest absolute Gasteiger partial charge is 0.462 e. The summed E-state index contributed by atoms with van der Waals surface area (Å²) in [5.41, 5.74) is 0. The zero-order valence-corrected chi connectivity index (χ0v) is 38.9. The van der Waals surface area contributed by atoms with E-state index in [1.54, 1.807) is 0 Å². The fourth-order valence-electron chi connectivity index (χ4n) is 7.46. The average Bonchev–Trinajstić information content (AvgIpc) is 3.23. The monoisotopic (exact) mass is 826 g/mol. The summed E-state index contributed by atoms with van der Waals surface area (Å²) in [5.74, 6) is -0.542. The number of nitrogens with one attached hydrogen (secondary N) is 1. The van der Waals surface area contributed by atoms with Gasteiger partial charge in [-0.1, -0.05) is 248 Å².